The fraction of sp³-hybridized carbons (Fsp3) is 0.143. The first kappa shape index (κ1) is 17.9. The highest BCUT2D eigenvalue weighted by molar-refractivity contribution is 7.10. The molecular formula is C21H19N3OS. The zero-order valence-electron chi connectivity index (χ0n) is 14.3. The lowest BCUT2D eigenvalue weighted by Gasteiger charge is -2.22. The minimum Gasteiger partial charge on any atom is -0.325 e. The number of rotatable bonds is 6. The van der Waals surface area contributed by atoms with Crippen molar-refractivity contribution in [2.75, 3.05) is 5.32 Å². The van der Waals surface area contributed by atoms with Crippen molar-refractivity contribution in [3.8, 4) is 6.07 Å². The van der Waals surface area contributed by atoms with Crippen molar-refractivity contribution >= 4 is 22.9 Å². The van der Waals surface area contributed by atoms with Crippen LogP contribution in [-0.4, -0.2) is 11.9 Å². The topological polar surface area (TPSA) is 64.9 Å². The fourth-order valence-electron chi connectivity index (χ4n) is 2.69. The predicted molar refractivity (Wildman–Crippen MR) is 105 cm³/mol. The van der Waals surface area contributed by atoms with Crippen LogP contribution in [0.5, 0.6) is 0 Å². The molecule has 3 rings (SSSR count). The molecule has 0 saturated heterocycles. The summed E-state index contributed by atoms with van der Waals surface area (Å²) in [5, 5.41) is 17.3. The van der Waals surface area contributed by atoms with Gasteiger partial charge in [-0.1, -0.05) is 42.5 Å². The van der Waals surface area contributed by atoms with Crippen LogP contribution in [0, 0.1) is 11.3 Å². The number of hydrogen-bond donors (Lipinski definition) is 2. The summed E-state index contributed by atoms with van der Waals surface area (Å²) in [4.78, 5) is 13.8. The number of nitriles is 1. The molecule has 0 radical (unpaired) electrons. The van der Waals surface area contributed by atoms with Crippen LogP contribution in [0.4, 0.5) is 5.69 Å². The Kier molecular flexibility index (Phi) is 5.80. The Bertz CT molecular complexity index is 901. The molecule has 0 bridgehead atoms. The number of carbonyl (C=O) groups is 1. The van der Waals surface area contributed by atoms with E-state index in [9.17, 15) is 4.79 Å². The normalized spacial score (nSPS) is 12.8. The van der Waals surface area contributed by atoms with Gasteiger partial charge in [0.1, 0.15) is 0 Å². The predicted octanol–water partition coefficient (Wildman–Crippen LogP) is 4.33. The molecular weight excluding hydrogens is 342 g/mol. The van der Waals surface area contributed by atoms with E-state index in [4.69, 9.17) is 5.26 Å². The van der Waals surface area contributed by atoms with Crippen LogP contribution in [0.1, 0.15) is 29.0 Å². The zero-order chi connectivity index (χ0) is 18.4. The highest BCUT2D eigenvalue weighted by atomic mass is 32.1. The average Bonchev–Trinajstić information content (AvgIpc) is 3.21. The van der Waals surface area contributed by atoms with Crippen LogP contribution < -0.4 is 10.6 Å². The molecule has 0 unspecified atom stereocenters. The summed E-state index contributed by atoms with van der Waals surface area (Å²) in [6.45, 7) is 1.84. The lowest BCUT2D eigenvalue weighted by Crippen LogP contribution is -2.40. The summed E-state index contributed by atoms with van der Waals surface area (Å²) >= 11 is 1.66. The van der Waals surface area contributed by atoms with Crippen molar-refractivity contribution in [2.24, 2.45) is 0 Å². The molecule has 2 atom stereocenters. The Labute approximate surface area is 157 Å². The molecule has 130 valence electrons. The Morgan fingerprint density at radius 3 is 2.58 bits per heavy atom. The molecule has 2 aromatic carbocycles. The summed E-state index contributed by atoms with van der Waals surface area (Å²) in [6.07, 6.45) is 0. The largest absolute Gasteiger partial charge is 0.325 e. The molecule has 3 aromatic rings. The average molecular weight is 361 g/mol. The molecule has 0 saturated carbocycles. The summed E-state index contributed by atoms with van der Waals surface area (Å²) in [6, 6.07) is 22.7. The van der Waals surface area contributed by atoms with Gasteiger partial charge in [-0.2, -0.15) is 5.26 Å². The second-order valence-electron chi connectivity index (χ2n) is 5.93. The van der Waals surface area contributed by atoms with Gasteiger partial charge >= 0.3 is 0 Å². The second kappa shape index (κ2) is 8.43. The fourth-order valence-corrected chi connectivity index (χ4v) is 3.50. The number of benzene rings is 2. The van der Waals surface area contributed by atoms with E-state index in [1.807, 2.05) is 36.6 Å². The summed E-state index contributed by atoms with van der Waals surface area (Å²) < 4.78 is 0. The van der Waals surface area contributed by atoms with Gasteiger partial charge < -0.3 is 5.32 Å². The van der Waals surface area contributed by atoms with E-state index in [1.165, 1.54) is 0 Å². The minimum absolute atomic E-state index is 0.0533. The first-order valence-electron chi connectivity index (χ1n) is 8.33. The molecule has 0 fully saturated rings. The maximum absolute atomic E-state index is 12.6. The van der Waals surface area contributed by atoms with E-state index in [0.717, 1.165) is 10.4 Å². The van der Waals surface area contributed by atoms with Crippen LogP contribution in [0.15, 0.2) is 72.1 Å². The lowest BCUT2D eigenvalue weighted by atomic mass is 10.0. The Morgan fingerprint density at radius 1 is 1.08 bits per heavy atom. The second-order valence-corrected chi connectivity index (χ2v) is 6.91. The van der Waals surface area contributed by atoms with Crippen LogP contribution in [0.2, 0.25) is 0 Å². The maximum Gasteiger partial charge on any atom is 0.241 e. The van der Waals surface area contributed by atoms with E-state index >= 15 is 0 Å². The third kappa shape index (κ3) is 4.37. The summed E-state index contributed by atoms with van der Waals surface area (Å²) in [7, 11) is 0. The molecule has 0 spiro atoms. The summed E-state index contributed by atoms with van der Waals surface area (Å²) in [5.41, 5.74) is 2.25. The number of anilines is 1. The van der Waals surface area contributed by atoms with Gasteiger partial charge in [0.2, 0.25) is 5.91 Å². The Balaban J connectivity index is 1.74. The number of nitrogens with zero attached hydrogens (tertiary/aromatic N) is 1. The summed E-state index contributed by atoms with van der Waals surface area (Å²) in [5.74, 6) is -0.141. The monoisotopic (exact) mass is 361 g/mol. The quantitative estimate of drug-likeness (QED) is 0.687. The highest BCUT2D eigenvalue weighted by Gasteiger charge is 2.21. The molecule has 4 nitrogen and oxygen atoms in total. The van der Waals surface area contributed by atoms with Gasteiger partial charge in [0, 0.05) is 10.6 Å². The van der Waals surface area contributed by atoms with Gasteiger partial charge in [-0.15, -0.1) is 11.3 Å². The van der Waals surface area contributed by atoms with Crippen molar-refractivity contribution in [3.63, 3.8) is 0 Å². The van der Waals surface area contributed by atoms with Crippen molar-refractivity contribution < 1.29 is 4.79 Å². The lowest BCUT2D eigenvalue weighted by molar-refractivity contribution is -0.117. The van der Waals surface area contributed by atoms with Gasteiger partial charge in [0.15, 0.2) is 0 Å². The molecule has 2 N–H and O–H groups in total. The first-order valence-corrected chi connectivity index (χ1v) is 9.21. The smallest absolute Gasteiger partial charge is 0.241 e. The van der Waals surface area contributed by atoms with Crippen LogP contribution in [0.25, 0.3) is 0 Å². The molecule has 0 aliphatic carbocycles. The molecule has 1 heterocycles. The van der Waals surface area contributed by atoms with Crippen LogP contribution >= 0.6 is 11.3 Å². The Hall–Kier alpha value is -2.94. The third-order valence-electron chi connectivity index (χ3n) is 4.03. The minimum atomic E-state index is -0.409. The van der Waals surface area contributed by atoms with Crippen molar-refractivity contribution in [1.82, 2.24) is 5.32 Å². The molecule has 0 aliphatic rings. The number of hydrogen-bond acceptors (Lipinski definition) is 4. The third-order valence-corrected chi connectivity index (χ3v) is 4.97. The van der Waals surface area contributed by atoms with Gasteiger partial charge in [-0.05, 0) is 42.1 Å². The standard InChI is InChI=1S/C21H19N3OS/c1-15(21(25)24-18-10-5-7-16(13-18)14-22)23-20(19-11-6-12-26-19)17-8-3-2-4-9-17/h2-13,15,20,23H,1H3,(H,24,25)/t15-,20+/m1/s1. The van der Waals surface area contributed by atoms with Crippen molar-refractivity contribution in [1.29, 1.82) is 5.26 Å². The van der Waals surface area contributed by atoms with Crippen LogP contribution in [-0.2, 0) is 4.79 Å². The number of nitrogens with one attached hydrogen (secondary N) is 2. The van der Waals surface area contributed by atoms with E-state index < -0.39 is 6.04 Å². The maximum atomic E-state index is 12.6. The van der Waals surface area contributed by atoms with Gasteiger partial charge in [0.05, 0.1) is 23.7 Å². The first-order chi connectivity index (χ1) is 12.7. The van der Waals surface area contributed by atoms with Crippen molar-refractivity contribution in [2.45, 2.75) is 19.0 Å². The van der Waals surface area contributed by atoms with E-state index in [1.54, 1.807) is 35.6 Å². The number of thiophene rings is 1. The van der Waals surface area contributed by atoms with Gasteiger partial charge in [0.25, 0.3) is 0 Å². The van der Waals surface area contributed by atoms with Crippen LogP contribution in [0.3, 0.4) is 0 Å². The number of amides is 1. The molecule has 1 amide bonds. The van der Waals surface area contributed by atoms with E-state index in [-0.39, 0.29) is 11.9 Å². The van der Waals surface area contributed by atoms with E-state index in [0.29, 0.717) is 11.3 Å². The van der Waals surface area contributed by atoms with Gasteiger partial charge in [-0.3, -0.25) is 10.1 Å². The number of carbonyl (C=O) groups excluding carboxylic acids is 1. The van der Waals surface area contributed by atoms with Crippen molar-refractivity contribution in [3.05, 3.63) is 88.1 Å². The molecule has 1 aromatic heterocycles. The SMILES string of the molecule is C[C@@H](N[C@@H](c1ccccc1)c1cccs1)C(=O)Nc1cccc(C#N)c1. The molecule has 0 aliphatic heterocycles. The zero-order valence-corrected chi connectivity index (χ0v) is 15.2. The van der Waals surface area contributed by atoms with Gasteiger partial charge in [-0.25, -0.2) is 0 Å². The Morgan fingerprint density at radius 2 is 1.88 bits per heavy atom. The molecule has 26 heavy (non-hydrogen) atoms. The van der Waals surface area contributed by atoms with E-state index in [2.05, 4.69) is 34.9 Å². The highest BCUT2D eigenvalue weighted by Crippen LogP contribution is 2.26. The molecule has 5 heteroatoms.